The number of halogens is 2. The molecule has 2 rings (SSSR count). The van der Waals surface area contributed by atoms with Gasteiger partial charge in [-0.25, -0.2) is 8.78 Å². The Morgan fingerprint density at radius 3 is 2.58 bits per heavy atom. The molecule has 98 valence electrons. The van der Waals surface area contributed by atoms with Crippen LogP contribution in [0.25, 0.3) is 0 Å². The molecule has 2 aromatic carbocycles. The van der Waals surface area contributed by atoms with Crippen molar-refractivity contribution in [1.82, 2.24) is 0 Å². The number of hydrogen-bond donors (Lipinski definition) is 3. The molecule has 0 spiro atoms. The van der Waals surface area contributed by atoms with Gasteiger partial charge < -0.3 is 16.2 Å². The number of carbonyl (C=O) groups is 1. The fraction of sp³-hybridized carbons (Fsp3) is 0. The lowest BCUT2D eigenvalue weighted by Gasteiger charge is -2.08. The SMILES string of the molecule is Nc1ccc(NC(=O)c2cc(F)ccc2O)c(F)c1. The zero-order chi connectivity index (χ0) is 14.0. The number of phenolic OH excluding ortho intramolecular Hbond substituents is 1. The summed E-state index contributed by atoms with van der Waals surface area (Å²) in [5.74, 6) is -2.61. The van der Waals surface area contributed by atoms with E-state index in [0.717, 1.165) is 24.3 Å². The number of amides is 1. The van der Waals surface area contributed by atoms with Gasteiger partial charge in [0.2, 0.25) is 0 Å². The Morgan fingerprint density at radius 1 is 1.16 bits per heavy atom. The second-order valence-electron chi connectivity index (χ2n) is 3.85. The van der Waals surface area contributed by atoms with Crippen molar-refractivity contribution in [3.63, 3.8) is 0 Å². The Bertz CT molecular complexity index is 645. The third kappa shape index (κ3) is 2.79. The van der Waals surface area contributed by atoms with Crippen LogP contribution in [0.15, 0.2) is 36.4 Å². The lowest BCUT2D eigenvalue weighted by Crippen LogP contribution is -2.13. The largest absolute Gasteiger partial charge is 0.507 e. The number of nitrogens with one attached hydrogen (secondary N) is 1. The van der Waals surface area contributed by atoms with E-state index in [0.29, 0.717) is 0 Å². The first-order valence-electron chi connectivity index (χ1n) is 5.32. The Balaban J connectivity index is 2.28. The van der Waals surface area contributed by atoms with Gasteiger partial charge in [0.25, 0.3) is 5.91 Å². The highest BCUT2D eigenvalue weighted by Crippen LogP contribution is 2.21. The normalized spacial score (nSPS) is 10.2. The molecular formula is C13H10F2N2O2. The van der Waals surface area contributed by atoms with Gasteiger partial charge in [0.05, 0.1) is 11.3 Å². The summed E-state index contributed by atoms with van der Waals surface area (Å²) in [4.78, 5) is 11.8. The molecule has 0 aliphatic carbocycles. The van der Waals surface area contributed by atoms with Crippen molar-refractivity contribution in [2.75, 3.05) is 11.1 Å². The molecule has 19 heavy (non-hydrogen) atoms. The van der Waals surface area contributed by atoms with Crippen LogP contribution in [0.3, 0.4) is 0 Å². The molecule has 0 saturated heterocycles. The molecule has 0 fully saturated rings. The summed E-state index contributed by atoms with van der Waals surface area (Å²) in [5.41, 5.74) is 5.19. The van der Waals surface area contributed by atoms with Crippen LogP contribution in [0.4, 0.5) is 20.2 Å². The van der Waals surface area contributed by atoms with Gasteiger partial charge in [-0.05, 0) is 36.4 Å². The van der Waals surface area contributed by atoms with Gasteiger partial charge in [-0.1, -0.05) is 0 Å². The maximum absolute atomic E-state index is 13.5. The first-order chi connectivity index (χ1) is 8.97. The van der Waals surface area contributed by atoms with Crippen molar-refractivity contribution in [3.8, 4) is 5.75 Å². The number of nitrogens with two attached hydrogens (primary N) is 1. The number of aromatic hydroxyl groups is 1. The summed E-state index contributed by atoms with van der Waals surface area (Å²) < 4.78 is 26.5. The Hall–Kier alpha value is -2.63. The van der Waals surface area contributed by atoms with E-state index in [4.69, 9.17) is 5.73 Å². The lowest BCUT2D eigenvalue weighted by molar-refractivity contribution is 0.102. The minimum Gasteiger partial charge on any atom is -0.507 e. The molecule has 0 unspecified atom stereocenters. The monoisotopic (exact) mass is 264 g/mol. The van der Waals surface area contributed by atoms with Crippen LogP contribution in [-0.2, 0) is 0 Å². The second-order valence-corrected chi connectivity index (χ2v) is 3.85. The molecule has 2 aromatic rings. The van der Waals surface area contributed by atoms with Gasteiger partial charge >= 0.3 is 0 Å². The smallest absolute Gasteiger partial charge is 0.259 e. The maximum atomic E-state index is 13.5. The van der Waals surface area contributed by atoms with Crippen LogP contribution in [0, 0.1) is 11.6 Å². The zero-order valence-electron chi connectivity index (χ0n) is 9.65. The van der Waals surface area contributed by atoms with Crippen molar-refractivity contribution in [2.24, 2.45) is 0 Å². The summed E-state index contributed by atoms with van der Waals surface area (Å²) in [6.07, 6.45) is 0. The Morgan fingerprint density at radius 2 is 1.89 bits per heavy atom. The van der Waals surface area contributed by atoms with E-state index in [1.54, 1.807) is 0 Å². The van der Waals surface area contributed by atoms with Gasteiger partial charge in [-0.15, -0.1) is 0 Å². The third-order valence-corrected chi connectivity index (χ3v) is 2.44. The lowest BCUT2D eigenvalue weighted by atomic mass is 10.1. The molecule has 4 nitrogen and oxygen atoms in total. The molecule has 0 saturated carbocycles. The number of anilines is 2. The number of nitrogen functional groups attached to an aromatic ring is 1. The highest BCUT2D eigenvalue weighted by molar-refractivity contribution is 6.06. The molecule has 0 aliphatic rings. The van der Waals surface area contributed by atoms with Crippen molar-refractivity contribution in [2.45, 2.75) is 0 Å². The fourth-order valence-corrected chi connectivity index (χ4v) is 1.51. The number of benzene rings is 2. The predicted molar refractivity (Wildman–Crippen MR) is 66.8 cm³/mol. The standard InChI is InChI=1S/C13H10F2N2O2/c14-7-1-4-12(18)9(5-7)13(19)17-11-3-2-8(16)6-10(11)15/h1-6,18H,16H2,(H,17,19). The van der Waals surface area contributed by atoms with Crippen molar-refractivity contribution in [1.29, 1.82) is 0 Å². The minimum absolute atomic E-state index is 0.108. The van der Waals surface area contributed by atoms with Crippen LogP contribution in [0.5, 0.6) is 5.75 Å². The Kier molecular flexibility index (Phi) is 3.33. The molecule has 6 heteroatoms. The van der Waals surface area contributed by atoms with Crippen molar-refractivity contribution >= 4 is 17.3 Å². The van der Waals surface area contributed by atoms with E-state index in [1.165, 1.54) is 12.1 Å². The summed E-state index contributed by atoms with van der Waals surface area (Å²) in [7, 11) is 0. The summed E-state index contributed by atoms with van der Waals surface area (Å²) in [6, 6.07) is 6.64. The number of hydrogen-bond acceptors (Lipinski definition) is 3. The van der Waals surface area contributed by atoms with E-state index in [-0.39, 0.29) is 16.9 Å². The van der Waals surface area contributed by atoms with E-state index in [9.17, 15) is 18.7 Å². The molecule has 0 heterocycles. The Labute approximate surface area is 107 Å². The van der Waals surface area contributed by atoms with Crippen LogP contribution < -0.4 is 11.1 Å². The fourth-order valence-electron chi connectivity index (χ4n) is 1.51. The molecule has 4 N–H and O–H groups in total. The highest BCUT2D eigenvalue weighted by atomic mass is 19.1. The maximum Gasteiger partial charge on any atom is 0.259 e. The minimum atomic E-state index is -0.819. The van der Waals surface area contributed by atoms with Gasteiger partial charge in [-0.3, -0.25) is 4.79 Å². The van der Waals surface area contributed by atoms with Gasteiger partial charge in [0.1, 0.15) is 17.4 Å². The average Bonchev–Trinajstić information content (AvgIpc) is 2.35. The van der Waals surface area contributed by atoms with E-state index >= 15 is 0 Å². The van der Waals surface area contributed by atoms with Gasteiger partial charge in [0, 0.05) is 5.69 Å². The molecule has 0 atom stereocenters. The average molecular weight is 264 g/mol. The molecule has 0 bridgehead atoms. The van der Waals surface area contributed by atoms with E-state index in [1.807, 2.05) is 0 Å². The van der Waals surface area contributed by atoms with Crippen LogP contribution >= 0.6 is 0 Å². The number of phenols is 1. The van der Waals surface area contributed by atoms with Crippen LogP contribution in [-0.4, -0.2) is 11.0 Å². The molecule has 1 amide bonds. The van der Waals surface area contributed by atoms with Crippen molar-refractivity contribution < 1.29 is 18.7 Å². The third-order valence-electron chi connectivity index (χ3n) is 2.44. The quantitative estimate of drug-likeness (QED) is 0.729. The summed E-state index contributed by atoms with van der Waals surface area (Å²) in [6.45, 7) is 0. The summed E-state index contributed by atoms with van der Waals surface area (Å²) >= 11 is 0. The molecule has 0 aliphatic heterocycles. The second kappa shape index (κ2) is 4.93. The topological polar surface area (TPSA) is 75.3 Å². The van der Waals surface area contributed by atoms with Crippen molar-refractivity contribution in [3.05, 3.63) is 53.6 Å². The number of rotatable bonds is 2. The zero-order valence-corrected chi connectivity index (χ0v) is 9.65. The highest BCUT2D eigenvalue weighted by Gasteiger charge is 2.14. The van der Waals surface area contributed by atoms with Gasteiger partial charge in [0.15, 0.2) is 0 Å². The first kappa shape index (κ1) is 12.8. The molecule has 0 radical (unpaired) electrons. The van der Waals surface area contributed by atoms with E-state index in [2.05, 4.69) is 5.32 Å². The molecular weight excluding hydrogens is 254 g/mol. The van der Waals surface area contributed by atoms with Crippen LogP contribution in [0.1, 0.15) is 10.4 Å². The first-order valence-corrected chi connectivity index (χ1v) is 5.32. The summed E-state index contributed by atoms with van der Waals surface area (Å²) in [5, 5.41) is 11.7. The number of carbonyl (C=O) groups excluding carboxylic acids is 1. The van der Waals surface area contributed by atoms with Crippen LogP contribution in [0.2, 0.25) is 0 Å². The molecule has 0 aromatic heterocycles. The predicted octanol–water partition coefficient (Wildman–Crippen LogP) is 2.50. The van der Waals surface area contributed by atoms with Gasteiger partial charge in [-0.2, -0.15) is 0 Å². The van der Waals surface area contributed by atoms with E-state index < -0.39 is 23.3 Å².